The van der Waals surface area contributed by atoms with Gasteiger partial charge in [0.25, 0.3) is 0 Å². The normalized spacial score (nSPS) is 27.4. The third-order valence-corrected chi connectivity index (χ3v) is 8.14. The fourth-order valence-corrected chi connectivity index (χ4v) is 5.83. The van der Waals surface area contributed by atoms with Gasteiger partial charge in [-0.3, -0.25) is 24.0 Å². The molecule has 10 nitrogen and oxygen atoms in total. The molecule has 4 N–H and O–H groups in total. The van der Waals surface area contributed by atoms with Crippen molar-refractivity contribution in [2.45, 2.75) is 78.3 Å². The standard InChI is InChI=1S/C26H38F3N5O5/c1-7-16(35)31-15(11-13-9-8-10-30-20(13)36)32-21(37)18-17-14(25(17,5)6)12-34(18)22(38)19(24(2,3)4)33-23(39)26(27,28)29/h7,13-15,17-19H,1,8-12H2,2-6H3,(H,30,36)(H,31,35)(H,32,37)(H,33,39)/t13-,14-,15-,17-,18-,19+/m0/s1. The summed E-state index contributed by atoms with van der Waals surface area (Å²) in [6.45, 7) is 12.6. The number of piperidine rings is 2. The zero-order valence-electron chi connectivity index (χ0n) is 22.9. The Balaban J connectivity index is 1.85. The van der Waals surface area contributed by atoms with Gasteiger partial charge >= 0.3 is 12.1 Å². The smallest absolute Gasteiger partial charge is 0.356 e. The van der Waals surface area contributed by atoms with Gasteiger partial charge in [0.1, 0.15) is 18.2 Å². The van der Waals surface area contributed by atoms with Gasteiger partial charge in [-0.25, -0.2) is 0 Å². The number of alkyl halides is 3. The largest absolute Gasteiger partial charge is 0.471 e. The second-order valence-electron chi connectivity index (χ2n) is 12.3. The summed E-state index contributed by atoms with van der Waals surface area (Å²) in [4.78, 5) is 64.8. The van der Waals surface area contributed by atoms with Crippen LogP contribution in [0.25, 0.3) is 0 Å². The van der Waals surface area contributed by atoms with Crippen LogP contribution in [0.3, 0.4) is 0 Å². The van der Waals surface area contributed by atoms with Crippen LogP contribution < -0.4 is 21.3 Å². The molecule has 3 aliphatic rings. The maximum Gasteiger partial charge on any atom is 0.471 e. The summed E-state index contributed by atoms with van der Waals surface area (Å²) in [6.07, 6.45) is -3.67. The van der Waals surface area contributed by atoms with Gasteiger partial charge in [0.2, 0.25) is 23.6 Å². The molecular formula is C26H38F3N5O5. The predicted molar refractivity (Wildman–Crippen MR) is 134 cm³/mol. The molecule has 13 heteroatoms. The van der Waals surface area contributed by atoms with Crippen molar-refractivity contribution >= 4 is 29.5 Å². The zero-order chi connectivity index (χ0) is 29.5. The minimum absolute atomic E-state index is 0.0681. The van der Waals surface area contributed by atoms with Gasteiger partial charge in [-0.2, -0.15) is 13.2 Å². The molecule has 2 aliphatic heterocycles. The predicted octanol–water partition coefficient (Wildman–Crippen LogP) is 1.22. The lowest BCUT2D eigenvalue weighted by Gasteiger charge is -2.38. The fraction of sp³-hybridized carbons (Fsp3) is 0.731. The first kappa shape index (κ1) is 30.4. The molecule has 3 rings (SSSR count). The number of hydrogen-bond donors (Lipinski definition) is 4. The molecule has 1 aliphatic carbocycles. The summed E-state index contributed by atoms with van der Waals surface area (Å²) in [5.41, 5.74) is -1.38. The molecular weight excluding hydrogens is 519 g/mol. The Labute approximate surface area is 225 Å². The molecule has 0 bridgehead atoms. The molecule has 0 unspecified atom stereocenters. The van der Waals surface area contributed by atoms with Gasteiger partial charge in [-0.15, -0.1) is 0 Å². The van der Waals surface area contributed by atoms with Crippen LogP contribution in [0.5, 0.6) is 0 Å². The van der Waals surface area contributed by atoms with Gasteiger partial charge in [-0.05, 0) is 48.0 Å². The summed E-state index contributed by atoms with van der Waals surface area (Å²) in [5.74, 6) is -5.17. The Hall–Kier alpha value is -3.12. The highest BCUT2D eigenvalue weighted by molar-refractivity contribution is 5.95. The molecule has 5 amide bonds. The summed E-state index contributed by atoms with van der Waals surface area (Å²) >= 11 is 0. The number of nitrogens with one attached hydrogen (secondary N) is 4. The molecule has 6 atom stereocenters. The van der Waals surface area contributed by atoms with Crippen molar-refractivity contribution < 1.29 is 37.1 Å². The van der Waals surface area contributed by atoms with E-state index in [4.69, 9.17) is 0 Å². The van der Waals surface area contributed by atoms with Crippen LogP contribution in [0, 0.1) is 28.6 Å². The molecule has 0 spiro atoms. The van der Waals surface area contributed by atoms with Crippen molar-refractivity contribution in [1.29, 1.82) is 0 Å². The lowest BCUT2D eigenvalue weighted by molar-refractivity contribution is -0.176. The summed E-state index contributed by atoms with van der Waals surface area (Å²) in [5, 5.41) is 9.95. The van der Waals surface area contributed by atoms with E-state index >= 15 is 0 Å². The number of halogens is 3. The van der Waals surface area contributed by atoms with E-state index in [1.807, 2.05) is 19.2 Å². The minimum atomic E-state index is -5.18. The Morgan fingerprint density at radius 2 is 1.79 bits per heavy atom. The molecule has 2 saturated heterocycles. The van der Waals surface area contributed by atoms with Crippen LogP contribution in [0.1, 0.15) is 53.9 Å². The van der Waals surface area contributed by atoms with Gasteiger partial charge in [0.05, 0.1) is 0 Å². The summed E-state index contributed by atoms with van der Waals surface area (Å²) < 4.78 is 39.1. The van der Waals surface area contributed by atoms with E-state index in [1.54, 1.807) is 0 Å². The lowest BCUT2D eigenvalue weighted by atomic mass is 9.85. The highest BCUT2D eigenvalue weighted by Crippen LogP contribution is 2.65. The van der Waals surface area contributed by atoms with Crippen LogP contribution in [-0.2, 0) is 24.0 Å². The van der Waals surface area contributed by atoms with Crippen LogP contribution in [0.15, 0.2) is 12.7 Å². The third-order valence-electron chi connectivity index (χ3n) is 8.14. The van der Waals surface area contributed by atoms with E-state index in [0.29, 0.717) is 13.0 Å². The molecule has 1 saturated carbocycles. The van der Waals surface area contributed by atoms with Crippen LogP contribution in [-0.4, -0.2) is 72.0 Å². The Bertz CT molecular complexity index is 1040. The van der Waals surface area contributed by atoms with E-state index in [9.17, 15) is 37.1 Å². The Morgan fingerprint density at radius 3 is 2.33 bits per heavy atom. The van der Waals surface area contributed by atoms with Gasteiger partial charge in [0, 0.05) is 19.0 Å². The Kier molecular flexibility index (Phi) is 8.43. The number of nitrogens with zero attached hydrogens (tertiary/aromatic N) is 1. The first-order valence-corrected chi connectivity index (χ1v) is 13.1. The maximum absolute atomic E-state index is 13.7. The summed E-state index contributed by atoms with van der Waals surface area (Å²) in [7, 11) is 0. The van der Waals surface area contributed by atoms with Gasteiger partial charge in [0.15, 0.2) is 0 Å². The molecule has 2 heterocycles. The number of likely N-dealkylation sites (tertiary alicyclic amines) is 1. The number of amides is 5. The van der Waals surface area contributed by atoms with Crippen molar-refractivity contribution in [3.8, 4) is 0 Å². The monoisotopic (exact) mass is 557 g/mol. The number of hydrogen-bond acceptors (Lipinski definition) is 5. The number of carbonyl (C=O) groups is 5. The van der Waals surface area contributed by atoms with Crippen molar-refractivity contribution in [2.24, 2.45) is 28.6 Å². The van der Waals surface area contributed by atoms with Crippen molar-refractivity contribution in [3.05, 3.63) is 12.7 Å². The van der Waals surface area contributed by atoms with Gasteiger partial charge in [-0.1, -0.05) is 41.2 Å². The van der Waals surface area contributed by atoms with Crippen molar-refractivity contribution in [2.75, 3.05) is 13.1 Å². The van der Waals surface area contributed by atoms with Gasteiger partial charge < -0.3 is 26.2 Å². The third kappa shape index (κ3) is 6.55. The summed E-state index contributed by atoms with van der Waals surface area (Å²) in [6, 6.07) is -2.57. The minimum Gasteiger partial charge on any atom is -0.356 e. The molecule has 0 aromatic rings. The number of rotatable bonds is 8. The fourth-order valence-electron chi connectivity index (χ4n) is 5.83. The SMILES string of the molecule is C=CC(=O)N[C@H](C[C@@H]1CCCNC1=O)NC(=O)[C@@H]1[C@@H]2[C@H](CN1C(=O)[C@@H](NC(=O)C(F)(F)F)C(C)(C)C)C2(C)C. The highest BCUT2D eigenvalue weighted by Gasteiger charge is 2.70. The molecule has 218 valence electrons. The van der Waals surface area contributed by atoms with E-state index in [-0.39, 0.29) is 36.1 Å². The van der Waals surface area contributed by atoms with E-state index in [2.05, 4.69) is 22.5 Å². The van der Waals surface area contributed by atoms with Crippen LogP contribution in [0.4, 0.5) is 13.2 Å². The molecule has 39 heavy (non-hydrogen) atoms. The number of fused-ring (bicyclic) bond motifs is 1. The van der Waals surface area contributed by atoms with E-state index in [0.717, 1.165) is 12.5 Å². The quantitative estimate of drug-likeness (QED) is 0.263. The van der Waals surface area contributed by atoms with E-state index in [1.165, 1.54) is 25.7 Å². The topological polar surface area (TPSA) is 137 Å². The first-order chi connectivity index (χ1) is 17.9. The molecule has 3 fully saturated rings. The number of carbonyl (C=O) groups excluding carboxylic acids is 5. The zero-order valence-corrected chi connectivity index (χ0v) is 22.9. The average molecular weight is 558 g/mol. The van der Waals surface area contributed by atoms with Crippen molar-refractivity contribution in [1.82, 2.24) is 26.2 Å². The second kappa shape index (κ2) is 10.8. The molecule has 0 radical (unpaired) electrons. The second-order valence-corrected chi connectivity index (χ2v) is 12.3. The molecule has 0 aromatic carbocycles. The molecule has 0 aromatic heterocycles. The highest BCUT2D eigenvalue weighted by atomic mass is 19.4. The van der Waals surface area contributed by atoms with E-state index < -0.39 is 59.4 Å². The lowest BCUT2D eigenvalue weighted by Crippen LogP contribution is -2.62. The van der Waals surface area contributed by atoms with Crippen LogP contribution >= 0.6 is 0 Å². The first-order valence-electron chi connectivity index (χ1n) is 13.1. The maximum atomic E-state index is 13.7. The van der Waals surface area contributed by atoms with Crippen molar-refractivity contribution in [3.63, 3.8) is 0 Å². The Morgan fingerprint density at radius 1 is 1.15 bits per heavy atom. The average Bonchev–Trinajstić information content (AvgIpc) is 3.15. The van der Waals surface area contributed by atoms with Crippen LogP contribution in [0.2, 0.25) is 0 Å².